The quantitative estimate of drug-likeness (QED) is 0.936. The van der Waals surface area contributed by atoms with Gasteiger partial charge in [0.2, 0.25) is 0 Å². The van der Waals surface area contributed by atoms with E-state index < -0.39 is 0 Å². The molecule has 1 fully saturated rings. The Bertz CT molecular complexity index is 569. The van der Waals surface area contributed by atoms with E-state index in [1.54, 1.807) is 0 Å². The van der Waals surface area contributed by atoms with E-state index in [1.165, 1.54) is 6.42 Å². The molecule has 1 aliphatic rings. The fourth-order valence-corrected chi connectivity index (χ4v) is 2.57. The molecular weight excluding hydrogens is 276 g/mol. The van der Waals surface area contributed by atoms with Gasteiger partial charge in [-0.3, -0.25) is 4.90 Å². The second kappa shape index (κ2) is 5.91. The number of hydrogen-bond acceptors (Lipinski definition) is 5. The van der Waals surface area contributed by atoms with E-state index in [0.29, 0.717) is 17.0 Å². The molecule has 0 aliphatic carbocycles. The first-order chi connectivity index (χ1) is 9.74. The highest BCUT2D eigenvalue weighted by molar-refractivity contribution is 6.30. The molecule has 1 atom stereocenters. The van der Waals surface area contributed by atoms with Gasteiger partial charge in [0.1, 0.15) is 0 Å². The summed E-state index contributed by atoms with van der Waals surface area (Å²) in [5, 5.41) is 8.04. The van der Waals surface area contributed by atoms with Gasteiger partial charge in [-0.25, -0.2) is 0 Å². The second-order valence-electron chi connectivity index (χ2n) is 5.03. The molecule has 1 unspecified atom stereocenters. The summed E-state index contributed by atoms with van der Waals surface area (Å²) < 4.78 is 5.31. The number of nitrogens with zero attached hydrogens (tertiary/aromatic N) is 3. The van der Waals surface area contributed by atoms with Gasteiger partial charge in [0.05, 0.1) is 6.54 Å². The predicted octanol–water partition coefficient (Wildman–Crippen LogP) is 2.18. The molecule has 106 valence electrons. The molecule has 3 rings (SSSR count). The average Bonchev–Trinajstić information content (AvgIpc) is 3.09. The molecule has 1 saturated heterocycles. The van der Waals surface area contributed by atoms with Crippen LogP contribution in [0.5, 0.6) is 0 Å². The van der Waals surface area contributed by atoms with Gasteiger partial charge in [-0.15, -0.1) is 0 Å². The maximum Gasteiger partial charge on any atom is 0.257 e. The Labute approximate surface area is 122 Å². The normalized spacial score (nSPS) is 19.6. The molecule has 6 heteroatoms. The minimum absolute atomic E-state index is 0.543. The Morgan fingerprint density at radius 1 is 1.40 bits per heavy atom. The molecule has 1 aromatic carbocycles. The summed E-state index contributed by atoms with van der Waals surface area (Å²) >= 11 is 5.87. The summed E-state index contributed by atoms with van der Waals surface area (Å²) in [6.07, 6.45) is 1.17. The highest BCUT2D eigenvalue weighted by Crippen LogP contribution is 2.20. The van der Waals surface area contributed by atoms with Gasteiger partial charge in [0, 0.05) is 29.7 Å². The number of likely N-dealkylation sites (tertiary alicyclic amines) is 1. The highest BCUT2D eigenvalue weighted by Gasteiger charge is 2.22. The zero-order chi connectivity index (χ0) is 13.9. The van der Waals surface area contributed by atoms with Gasteiger partial charge in [-0.2, -0.15) is 4.98 Å². The van der Waals surface area contributed by atoms with E-state index in [9.17, 15) is 0 Å². The minimum Gasteiger partial charge on any atom is -0.334 e. The Morgan fingerprint density at radius 2 is 2.20 bits per heavy atom. The predicted molar refractivity (Wildman–Crippen MR) is 77.5 cm³/mol. The molecule has 2 heterocycles. The third-order valence-corrected chi connectivity index (χ3v) is 3.86. The van der Waals surface area contributed by atoms with Crippen LogP contribution in [0.4, 0.5) is 0 Å². The molecular formula is C14H17ClN4O. The molecule has 5 nitrogen and oxygen atoms in total. The van der Waals surface area contributed by atoms with Crippen molar-refractivity contribution in [3.05, 3.63) is 35.1 Å². The summed E-state index contributed by atoms with van der Waals surface area (Å²) in [6.45, 7) is 2.83. The van der Waals surface area contributed by atoms with Crippen molar-refractivity contribution in [2.75, 3.05) is 20.1 Å². The fourth-order valence-electron chi connectivity index (χ4n) is 2.44. The van der Waals surface area contributed by atoms with E-state index in [-0.39, 0.29) is 0 Å². The number of rotatable bonds is 4. The Morgan fingerprint density at radius 3 is 2.90 bits per heavy atom. The van der Waals surface area contributed by atoms with Gasteiger partial charge >= 0.3 is 0 Å². The van der Waals surface area contributed by atoms with Crippen LogP contribution in [0.25, 0.3) is 11.5 Å². The Hall–Kier alpha value is -1.43. The lowest BCUT2D eigenvalue weighted by Crippen LogP contribution is -2.29. The summed E-state index contributed by atoms with van der Waals surface area (Å²) in [6, 6.07) is 7.97. The number of halogens is 1. The third-order valence-electron chi connectivity index (χ3n) is 3.60. The lowest BCUT2D eigenvalue weighted by Gasteiger charge is -2.12. The highest BCUT2D eigenvalue weighted by atomic mass is 35.5. The standard InChI is InChI=1S/C14H17ClN4O/c1-16-12-6-7-19(8-12)9-13-17-14(20-18-13)10-2-4-11(15)5-3-10/h2-5,12,16H,6-9H2,1H3. The lowest BCUT2D eigenvalue weighted by atomic mass is 10.2. The van der Waals surface area contributed by atoms with Gasteiger partial charge < -0.3 is 9.84 Å². The minimum atomic E-state index is 0.543. The summed E-state index contributed by atoms with van der Waals surface area (Å²) in [5.74, 6) is 1.27. The molecule has 20 heavy (non-hydrogen) atoms. The van der Waals surface area contributed by atoms with Crippen molar-refractivity contribution < 1.29 is 4.52 Å². The molecule has 0 spiro atoms. The van der Waals surface area contributed by atoms with E-state index in [0.717, 1.165) is 31.0 Å². The van der Waals surface area contributed by atoms with Crippen LogP contribution >= 0.6 is 11.6 Å². The lowest BCUT2D eigenvalue weighted by molar-refractivity contribution is 0.305. The van der Waals surface area contributed by atoms with Crippen molar-refractivity contribution in [1.82, 2.24) is 20.4 Å². The van der Waals surface area contributed by atoms with Crippen LogP contribution in [0.2, 0.25) is 5.02 Å². The van der Waals surface area contributed by atoms with Crippen LogP contribution in [-0.4, -0.2) is 41.2 Å². The van der Waals surface area contributed by atoms with Crippen molar-refractivity contribution >= 4 is 11.6 Å². The van der Waals surface area contributed by atoms with Gasteiger partial charge in [-0.1, -0.05) is 16.8 Å². The first-order valence-corrected chi connectivity index (χ1v) is 7.10. The first-order valence-electron chi connectivity index (χ1n) is 6.73. The number of benzene rings is 1. The van der Waals surface area contributed by atoms with E-state index in [4.69, 9.17) is 16.1 Å². The van der Waals surface area contributed by atoms with Crippen molar-refractivity contribution in [3.8, 4) is 11.5 Å². The smallest absolute Gasteiger partial charge is 0.257 e. The zero-order valence-corrected chi connectivity index (χ0v) is 12.1. The van der Waals surface area contributed by atoms with Gasteiger partial charge in [-0.05, 0) is 37.7 Å². The first kappa shape index (κ1) is 13.5. The van der Waals surface area contributed by atoms with E-state index in [1.807, 2.05) is 31.3 Å². The molecule has 2 aromatic rings. The van der Waals surface area contributed by atoms with Crippen LogP contribution in [0.15, 0.2) is 28.8 Å². The van der Waals surface area contributed by atoms with Crippen LogP contribution in [0.1, 0.15) is 12.2 Å². The number of aromatic nitrogens is 2. The Balaban J connectivity index is 1.66. The molecule has 0 radical (unpaired) electrons. The van der Waals surface area contributed by atoms with Crippen molar-refractivity contribution in [2.24, 2.45) is 0 Å². The van der Waals surface area contributed by atoms with E-state index >= 15 is 0 Å². The molecule has 1 aromatic heterocycles. The molecule has 0 bridgehead atoms. The SMILES string of the molecule is CNC1CCN(Cc2noc(-c3ccc(Cl)cc3)n2)C1. The van der Waals surface area contributed by atoms with Gasteiger partial charge in [0.15, 0.2) is 5.82 Å². The average molecular weight is 293 g/mol. The van der Waals surface area contributed by atoms with Crippen LogP contribution in [-0.2, 0) is 6.54 Å². The molecule has 0 amide bonds. The number of likely N-dealkylation sites (N-methyl/N-ethyl adjacent to an activating group) is 1. The monoisotopic (exact) mass is 292 g/mol. The fraction of sp³-hybridized carbons (Fsp3) is 0.429. The second-order valence-corrected chi connectivity index (χ2v) is 5.47. The van der Waals surface area contributed by atoms with Crippen LogP contribution in [0, 0.1) is 0 Å². The third kappa shape index (κ3) is 3.00. The molecule has 1 N–H and O–H groups in total. The van der Waals surface area contributed by atoms with Gasteiger partial charge in [0.25, 0.3) is 5.89 Å². The molecule has 0 saturated carbocycles. The summed E-state index contributed by atoms with van der Waals surface area (Å²) in [5.41, 5.74) is 0.891. The van der Waals surface area contributed by atoms with Crippen molar-refractivity contribution in [2.45, 2.75) is 19.0 Å². The van der Waals surface area contributed by atoms with Crippen LogP contribution in [0.3, 0.4) is 0 Å². The molecule has 1 aliphatic heterocycles. The maximum atomic E-state index is 5.87. The largest absolute Gasteiger partial charge is 0.334 e. The van der Waals surface area contributed by atoms with Crippen molar-refractivity contribution in [1.29, 1.82) is 0 Å². The van der Waals surface area contributed by atoms with Crippen molar-refractivity contribution in [3.63, 3.8) is 0 Å². The van der Waals surface area contributed by atoms with E-state index in [2.05, 4.69) is 20.4 Å². The maximum absolute atomic E-state index is 5.87. The zero-order valence-electron chi connectivity index (χ0n) is 11.3. The summed E-state index contributed by atoms with van der Waals surface area (Å²) in [4.78, 5) is 6.77. The van der Waals surface area contributed by atoms with Crippen LogP contribution < -0.4 is 5.32 Å². The number of hydrogen-bond donors (Lipinski definition) is 1. The topological polar surface area (TPSA) is 54.2 Å². The summed E-state index contributed by atoms with van der Waals surface area (Å²) in [7, 11) is 2.00. The Kier molecular flexibility index (Phi) is 4.00. The number of nitrogens with one attached hydrogen (secondary N) is 1.